The van der Waals surface area contributed by atoms with Gasteiger partial charge in [0.2, 0.25) is 0 Å². The van der Waals surface area contributed by atoms with Crippen LogP contribution >= 0.6 is 0 Å². The fourth-order valence-corrected chi connectivity index (χ4v) is 7.59. The van der Waals surface area contributed by atoms with Crippen molar-refractivity contribution in [1.82, 2.24) is 29.9 Å². The molecular formula is C48H28N6. The van der Waals surface area contributed by atoms with Gasteiger partial charge in [-0.05, 0) is 59.7 Å². The highest BCUT2D eigenvalue weighted by Crippen LogP contribution is 2.34. The first-order valence-corrected chi connectivity index (χ1v) is 17.9. The predicted octanol–water partition coefficient (Wildman–Crippen LogP) is 11.6. The molecule has 5 aromatic carbocycles. The molecule has 11 aromatic rings. The van der Waals surface area contributed by atoms with E-state index in [1.807, 2.05) is 30.7 Å². The molecule has 0 bridgehead atoms. The van der Waals surface area contributed by atoms with Gasteiger partial charge in [-0.2, -0.15) is 0 Å². The maximum atomic E-state index is 5.13. The van der Waals surface area contributed by atoms with Crippen molar-refractivity contribution in [3.8, 4) is 44.9 Å². The second kappa shape index (κ2) is 12.1. The van der Waals surface area contributed by atoms with Crippen LogP contribution in [0.5, 0.6) is 0 Å². The minimum absolute atomic E-state index is 0.894. The van der Waals surface area contributed by atoms with Gasteiger partial charge in [-0.1, -0.05) is 103 Å². The Morgan fingerprint density at radius 2 is 0.759 bits per heavy atom. The van der Waals surface area contributed by atoms with Crippen LogP contribution in [-0.2, 0) is 0 Å². The summed E-state index contributed by atoms with van der Waals surface area (Å²) in [6, 6.07) is 52.6. The summed E-state index contributed by atoms with van der Waals surface area (Å²) < 4.78 is 0. The van der Waals surface area contributed by atoms with E-state index in [1.54, 1.807) is 0 Å². The maximum Gasteiger partial charge on any atom is 0.0972 e. The van der Waals surface area contributed by atoms with Crippen molar-refractivity contribution in [2.24, 2.45) is 0 Å². The van der Waals surface area contributed by atoms with Crippen LogP contribution in [0.2, 0.25) is 0 Å². The number of fused-ring (bicyclic) bond motifs is 8. The maximum absolute atomic E-state index is 5.13. The summed E-state index contributed by atoms with van der Waals surface area (Å²) in [5.41, 5.74) is 13.5. The predicted molar refractivity (Wildman–Crippen MR) is 220 cm³/mol. The Morgan fingerprint density at radius 1 is 0.296 bits per heavy atom. The van der Waals surface area contributed by atoms with Crippen molar-refractivity contribution in [1.29, 1.82) is 0 Å². The Hall–Kier alpha value is -7.44. The van der Waals surface area contributed by atoms with Crippen LogP contribution in [0.1, 0.15) is 0 Å². The topological polar surface area (TPSA) is 77.3 Å². The Morgan fingerprint density at radius 3 is 1.43 bits per heavy atom. The molecule has 0 aliphatic heterocycles. The van der Waals surface area contributed by atoms with E-state index in [9.17, 15) is 0 Å². The van der Waals surface area contributed by atoms with Gasteiger partial charge in [0, 0.05) is 67.6 Å². The minimum atomic E-state index is 0.894. The molecule has 6 heterocycles. The van der Waals surface area contributed by atoms with Crippen LogP contribution in [0.15, 0.2) is 170 Å². The van der Waals surface area contributed by atoms with Gasteiger partial charge < -0.3 is 0 Å². The summed E-state index contributed by atoms with van der Waals surface area (Å²) in [5, 5.41) is 6.48. The lowest BCUT2D eigenvalue weighted by molar-refractivity contribution is 1.36. The zero-order valence-corrected chi connectivity index (χ0v) is 28.8. The van der Waals surface area contributed by atoms with E-state index in [4.69, 9.17) is 15.0 Å². The zero-order valence-electron chi connectivity index (χ0n) is 28.8. The Balaban J connectivity index is 0.920. The second-order valence-corrected chi connectivity index (χ2v) is 13.6. The smallest absolute Gasteiger partial charge is 0.0972 e. The summed E-state index contributed by atoms with van der Waals surface area (Å²) >= 11 is 0. The molecule has 6 nitrogen and oxygen atoms in total. The molecule has 0 amide bonds. The molecule has 0 aliphatic rings. The number of benzene rings is 5. The van der Waals surface area contributed by atoms with Crippen LogP contribution in [-0.4, -0.2) is 29.9 Å². The van der Waals surface area contributed by atoms with Gasteiger partial charge in [-0.25, -0.2) is 15.0 Å². The molecule has 0 radical (unpaired) electrons. The monoisotopic (exact) mass is 688 g/mol. The summed E-state index contributed by atoms with van der Waals surface area (Å²) in [6.45, 7) is 0. The standard InChI is InChI=1S/C48H28N6/c1-3-33-11-12-35-18-22-42(54-47(35)45(33)49-24-1)37-14-10-32-17-21-41(53-44(32)28-37)36-13-9-31-16-20-40(52-43(31)27-36)30-7-5-29(6-8-30)38-23-26-51-48-39(38)19-15-34-4-2-25-50-46(34)48/h1-28H. The molecule has 0 atom stereocenters. The van der Waals surface area contributed by atoms with Crippen molar-refractivity contribution in [2.45, 2.75) is 0 Å². The summed E-state index contributed by atoms with van der Waals surface area (Å²) in [7, 11) is 0. The number of hydrogen-bond acceptors (Lipinski definition) is 6. The van der Waals surface area contributed by atoms with Crippen molar-refractivity contribution in [3.63, 3.8) is 0 Å². The number of hydrogen-bond donors (Lipinski definition) is 0. The molecule has 6 heteroatoms. The lowest BCUT2D eigenvalue weighted by Gasteiger charge is -2.10. The van der Waals surface area contributed by atoms with E-state index < -0.39 is 0 Å². The number of nitrogens with zero attached hydrogens (tertiary/aromatic N) is 6. The van der Waals surface area contributed by atoms with E-state index in [0.717, 1.165) is 110 Å². The Labute approximate surface area is 309 Å². The van der Waals surface area contributed by atoms with Crippen molar-refractivity contribution < 1.29 is 0 Å². The van der Waals surface area contributed by atoms with Crippen molar-refractivity contribution in [3.05, 3.63) is 170 Å². The van der Waals surface area contributed by atoms with Gasteiger partial charge in [0.1, 0.15) is 0 Å². The molecule has 0 N–H and O–H groups in total. The number of aromatic nitrogens is 6. The highest BCUT2D eigenvalue weighted by Gasteiger charge is 2.12. The minimum Gasteiger partial charge on any atom is -0.254 e. The van der Waals surface area contributed by atoms with E-state index in [1.165, 1.54) is 0 Å². The highest BCUT2D eigenvalue weighted by atomic mass is 14.8. The fraction of sp³-hybridized carbons (Fsp3) is 0. The molecule has 6 aromatic heterocycles. The van der Waals surface area contributed by atoms with E-state index in [2.05, 4.69) is 154 Å². The summed E-state index contributed by atoms with van der Waals surface area (Å²) in [4.78, 5) is 29.3. The molecular weight excluding hydrogens is 661 g/mol. The fourth-order valence-electron chi connectivity index (χ4n) is 7.59. The highest BCUT2D eigenvalue weighted by molar-refractivity contribution is 6.08. The molecule has 11 rings (SSSR count). The van der Waals surface area contributed by atoms with Gasteiger partial charge >= 0.3 is 0 Å². The number of pyridine rings is 6. The summed E-state index contributed by atoms with van der Waals surface area (Å²) in [5.74, 6) is 0. The SMILES string of the molecule is c1cnc2c(c1)ccc1ccc(-c3ccc4ccc(-c5ccc6ccc(-c7ccc(-c8ccnc9c8ccc8cccnc89)cc7)nc6c5)nc4c3)nc12. The van der Waals surface area contributed by atoms with E-state index >= 15 is 0 Å². The first-order chi connectivity index (χ1) is 26.7. The first kappa shape index (κ1) is 30.2. The Kier molecular flexibility index (Phi) is 6.75. The lowest BCUT2D eigenvalue weighted by atomic mass is 9.98. The molecule has 0 fully saturated rings. The molecule has 54 heavy (non-hydrogen) atoms. The zero-order chi connectivity index (χ0) is 35.6. The largest absolute Gasteiger partial charge is 0.254 e. The van der Waals surface area contributed by atoms with Crippen molar-refractivity contribution in [2.75, 3.05) is 0 Å². The van der Waals surface area contributed by atoms with E-state index in [-0.39, 0.29) is 0 Å². The third kappa shape index (κ3) is 5.04. The molecule has 0 aliphatic carbocycles. The third-order valence-corrected chi connectivity index (χ3v) is 10.4. The van der Waals surface area contributed by atoms with Gasteiger partial charge in [-0.3, -0.25) is 15.0 Å². The van der Waals surface area contributed by atoms with E-state index in [0.29, 0.717) is 0 Å². The molecule has 0 saturated carbocycles. The third-order valence-electron chi connectivity index (χ3n) is 10.4. The average Bonchev–Trinajstić information content (AvgIpc) is 3.25. The average molecular weight is 689 g/mol. The van der Waals surface area contributed by atoms with Crippen LogP contribution in [0, 0.1) is 0 Å². The van der Waals surface area contributed by atoms with Crippen LogP contribution in [0.3, 0.4) is 0 Å². The normalized spacial score (nSPS) is 11.7. The molecule has 0 spiro atoms. The van der Waals surface area contributed by atoms with Crippen molar-refractivity contribution >= 4 is 65.4 Å². The van der Waals surface area contributed by atoms with Crippen LogP contribution in [0.25, 0.3) is 110 Å². The number of rotatable bonds is 4. The first-order valence-electron chi connectivity index (χ1n) is 17.9. The second-order valence-electron chi connectivity index (χ2n) is 13.6. The van der Waals surface area contributed by atoms with Gasteiger partial charge in [-0.15, -0.1) is 0 Å². The molecule has 0 unspecified atom stereocenters. The van der Waals surface area contributed by atoms with Gasteiger partial charge in [0.15, 0.2) is 0 Å². The van der Waals surface area contributed by atoms with Gasteiger partial charge in [0.05, 0.1) is 50.2 Å². The van der Waals surface area contributed by atoms with Crippen LogP contribution < -0.4 is 0 Å². The quantitative estimate of drug-likeness (QED) is 0.171. The van der Waals surface area contributed by atoms with Gasteiger partial charge in [0.25, 0.3) is 0 Å². The molecule has 250 valence electrons. The lowest BCUT2D eigenvalue weighted by Crippen LogP contribution is -1.91. The summed E-state index contributed by atoms with van der Waals surface area (Å²) in [6.07, 6.45) is 5.51. The van der Waals surface area contributed by atoms with Crippen LogP contribution in [0.4, 0.5) is 0 Å². The molecule has 0 saturated heterocycles. The Bertz CT molecular complexity index is 3280.